The number of hydrogen-bond acceptors (Lipinski definition) is 9. The largest absolute Gasteiger partial charge is 0.457 e. The highest BCUT2D eigenvalue weighted by molar-refractivity contribution is 6.74. The standard InChI is InChI=1S/C28H32N2O9Si/c1-18(24(32)36-17-19-10-8-7-9-11-19)23(39-40(5,6)27(2,3)4)28-16-22(31)37-25(28)38-26(33)29(28)20-12-14-21(15-13-20)30(34)35/h7-15,23,25H,1,16-17H2,2-6H3/t23-,25-,28+/m0/s1. The van der Waals surface area contributed by atoms with Crippen LogP contribution in [0.3, 0.4) is 0 Å². The van der Waals surface area contributed by atoms with Gasteiger partial charge in [-0.05, 0) is 35.8 Å². The number of esters is 2. The third kappa shape index (κ3) is 5.24. The number of nitrogens with zero attached hydrogens (tertiary/aromatic N) is 2. The molecule has 0 N–H and O–H groups in total. The maximum atomic E-state index is 13.4. The Morgan fingerprint density at radius 1 is 1.15 bits per heavy atom. The van der Waals surface area contributed by atoms with E-state index >= 15 is 0 Å². The maximum Gasteiger partial charge on any atom is 0.418 e. The van der Waals surface area contributed by atoms with E-state index in [1.54, 1.807) is 12.1 Å². The zero-order valence-electron chi connectivity index (χ0n) is 23.0. The molecule has 0 aromatic heterocycles. The Bertz CT molecular complexity index is 1340. The van der Waals surface area contributed by atoms with Gasteiger partial charge in [-0.2, -0.15) is 0 Å². The van der Waals surface area contributed by atoms with E-state index in [4.69, 9.17) is 18.6 Å². The van der Waals surface area contributed by atoms with Crippen LogP contribution in [0.2, 0.25) is 18.1 Å². The number of hydrogen-bond donors (Lipinski definition) is 0. The Kier molecular flexibility index (Phi) is 7.61. The molecule has 2 fully saturated rings. The number of rotatable bonds is 9. The van der Waals surface area contributed by atoms with Crippen LogP contribution < -0.4 is 4.90 Å². The van der Waals surface area contributed by atoms with Crippen LogP contribution in [0.4, 0.5) is 16.2 Å². The zero-order chi connectivity index (χ0) is 29.5. The summed E-state index contributed by atoms with van der Waals surface area (Å²) in [7, 11) is -2.71. The monoisotopic (exact) mass is 568 g/mol. The van der Waals surface area contributed by atoms with Crippen molar-refractivity contribution in [1.29, 1.82) is 0 Å². The van der Waals surface area contributed by atoms with Crippen LogP contribution in [0.5, 0.6) is 0 Å². The summed E-state index contributed by atoms with van der Waals surface area (Å²) in [5.74, 6) is -1.44. The molecule has 3 atom stereocenters. The predicted octanol–water partition coefficient (Wildman–Crippen LogP) is 5.25. The van der Waals surface area contributed by atoms with Crippen LogP contribution in [0.1, 0.15) is 32.8 Å². The first-order valence-corrected chi connectivity index (χ1v) is 15.6. The summed E-state index contributed by atoms with van der Waals surface area (Å²) in [4.78, 5) is 51.3. The Morgan fingerprint density at radius 3 is 2.35 bits per heavy atom. The Labute approximate surface area is 232 Å². The molecule has 0 unspecified atom stereocenters. The van der Waals surface area contributed by atoms with Crippen LogP contribution in [-0.2, 0) is 34.8 Å². The molecule has 2 aliphatic rings. The number of amides is 1. The van der Waals surface area contributed by atoms with Gasteiger partial charge in [-0.3, -0.25) is 19.8 Å². The number of nitro groups is 1. The SMILES string of the molecule is C=C(C(=O)OCc1ccccc1)[C@H](O[Si](C)(C)C(C)(C)C)[C@]12CC(=O)O[C@H]1OC(=O)N2c1ccc([N+](=O)[O-])cc1. The van der Waals surface area contributed by atoms with Gasteiger partial charge >= 0.3 is 18.0 Å². The van der Waals surface area contributed by atoms with E-state index in [9.17, 15) is 24.5 Å². The summed E-state index contributed by atoms with van der Waals surface area (Å²) in [5.41, 5.74) is -1.01. The van der Waals surface area contributed by atoms with Crippen molar-refractivity contribution in [2.45, 2.75) is 69.9 Å². The van der Waals surface area contributed by atoms with Crippen molar-refractivity contribution in [3.63, 3.8) is 0 Å². The minimum atomic E-state index is -2.71. The van der Waals surface area contributed by atoms with Gasteiger partial charge in [-0.1, -0.05) is 57.7 Å². The lowest BCUT2D eigenvalue weighted by Crippen LogP contribution is -2.63. The quantitative estimate of drug-likeness (QED) is 0.131. The second-order valence-electron chi connectivity index (χ2n) is 11.3. The van der Waals surface area contributed by atoms with Crippen molar-refractivity contribution in [2.75, 3.05) is 4.90 Å². The Morgan fingerprint density at radius 2 is 1.77 bits per heavy atom. The molecule has 2 aromatic carbocycles. The van der Waals surface area contributed by atoms with Gasteiger partial charge in [-0.25, -0.2) is 9.59 Å². The Balaban J connectivity index is 1.80. The number of benzene rings is 2. The van der Waals surface area contributed by atoms with Gasteiger partial charge < -0.3 is 18.6 Å². The minimum Gasteiger partial charge on any atom is -0.457 e. The van der Waals surface area contributed by atoms with Crippen LogP contribution in [-0.4, -0.2) is 49.2 Å². The summed E-state index contributed by atoms with van der Waals surface area (Å²) in [6.07, 6.45) is -3.92. The zero-order valence-corrected chi connectivity index (χ0v) is 24.0. The van der Waals surface area contributed by atoms with E-state index < -0.39 is 49.2 Å². The fraction of sp³-hybridized carbons (Fsp3) is 0.393. The lowest BCUT2D eigenvalue weighted by molar-refractivity contribution is -0.384. The first-order valence-electron chi connectivity index (χ1n) is 12.7. The summed E-state index contributed by atoms with van der Waals surface area (Å²) in [6.45, 7) is 13.9. The topological polar surface area (TPSA) is 135 Å². The van der Waals surface area contributed by atoms with E-state index in [0.29, 0.717) is 0 Å². The molecule has 12 heteroatoms. The van der Waals surface area contributed by atoms with Crippen molar-refractivity contribution >= 4 is 37.7 Å². The highest BCUT2D eigenvalue weighted by Gasteiger charge is 2.69. The number of carbonyl (C=O) groups excluding carboxylic acids is 3. The smallest absolute Gasteiger partial charge is 0.418 e. The average Bonchev–Trinajstić information content (AvgIpc) is 3.34. The molecule has 2 aliphatic heterocycles. The summed E-state index contributed by atoms with van der Waals surface area (Å²) in [6, 6.07) is 14.3. The molecule has 2 heterocycles. The van der Waals surface area contributed by atoms with Crippen LogP contribution >= 0.6 is 0 Å². The van der Waals surface area contributed by atoms with Crippen LogP contribution in [0.25, 0.3) is 0 Å². The maximum absolute atomic E-state index is 13.4. The molecule has 2 saturated heterocycles. The number of nitro benzene ring substituents is 1. The number of fused-ring (bicyclic) bond motifs is 1. The van der Waals surface area contributed by atoms with Crippen molar-refractivity contribution in [3.05, 3.63) is 82.4 Å². The average molecular weight is 569 g/mol. The fourth-order valence-corrected chi connectivity index (χ4v) is 5.76. The molecule has 0 bridgehead atoms. The molecule has 11 nitrogen and oxygen atoms in total. The third-order valence-corrected chi connectivity index (χ3v) is 12.1. The molecular weight excluding hydrogens is 536 g/mol. The number of ether oxygens (including phenoxy) is 3. The first kappa shape index (κ1) is 29.0. The molecule has 40 heavy (non-hydrogen) atoms. The molecule has 4 rings (SSSR count). The van der Waals surface area contributed by atoms with Gasteiger partial charge in [0.15, 0.2) is 13.9 Å². The first-order chi connectivity index (χ1) is 18.7. The molecular formula is C28H32N2O9Si. The lowest BCUT2D eigenvalue weighted by Gasteiger charge is -2.46. The van der Waals surface area contributed by atoms with Gasteiger partial charge in [0.2, 0.25) is 0 Å². The summed E-state index contributed by atoms with van der Waals surface area (Å²) in [5, 5.41) is 10.9. The molecule has 1 amide bonds. The molecule has 0 radical (unpaired) electrons. The van der Waals surface area contributed by atoms with E-state index in [-0.39, 0.29) is 35.0 Å². The van der Waals surface area contributed by atoms with Crippen molar-refractivity contribution in [3.8, 4) is 0 Å². The second kappa shape index (κ2) is 10.5. The van der Waals surface area contributed by atoms with Crippen LogP contribution in [0, 0.1) is 10.1 Å². The summed E-state index contributed by atoms with van der Waals surface area (Å²) >= 11 is 0. The van der Waals surface area contributed by atoms with E-state index in [1.165, 1.54) is 29.2 Å². The fourth-order valence-electron chi connectivity index (χ4n) is 4.47. The van der Waals surface area contributed by atoms with Gasteiger partial charge in [0.25, 0.3) is 12.0 Å². The van der Waals surface area contributed by atoms with Crippen LogP contribution in [0.15, 0.2) is 66.7 Å². The molecule has 0 saturated carbocycles. The van der Waals surface area contributed by atoms with E-state index in [0.717, 1.165) is 5.56 Å². The second-order valence-corrected chi connectivity index (χ2v) is 16.1. The highest BCUT2D eigenvalue weighted by atomic mass is 28.4. The van der Waals surface area contributed by atoms with Gasteiger partial charge in [0.1, 0.15) is 12.7 Å². The molecule has 212 valence electrons. The van der Waals surface area contributed by atoms with Crippen molar-refractivity contribution in [2.24, 2.45) is 0 Å². The molecule has 2 aromatic rings. The highest BCUT2D eigenvalue weighted by Crippen LogP contribution is 2.50. The molecule has 0 aliphatic carbocycles. The normalized spacial score (nSPS) is 21.3. The van der Waals surface area contributed by atoms with Crippen molar-refractivity contribution < 1.29 is 37.9 Å². The van der Waals surface area contributed by atoms with E-state index in [1.807, 2.05) is 52.1 Å². The number of carbonyl (C=O) groups is 3. The van der Waals surface area contributed by atoms with Gasteiger partial charge in [0.05, 0.1) is 16.9 Å². The lowest BCUT2D eigenvalue weighted by atomic mass is 9.84. The van der Waals surface area contributed by atoms with Gasteiger partial charge in [0, 0.05) is 17.8 Å². The van der Waals surface area contributed by atoms with Crippen molar-refractivity contribution in [1.82, 2.24) is 0 Å². The summed E-state index contributed by atoms with van der Waals surface area (Å²) < 4.78 is 23.2. The molecule has 0 spiro atoms. The Hall–Kier alpha value is -4.03. The number of non-ortho nitro benzene ring substituents is 1. The van der Waals surface area contributed by atoms with E-state index in [2.05, 4.69) is 6.58 Å². The minimum absolute atomic E-state index is 0.0289. The van der Waals surface area contributed by atoms with Gasteiger partial charge in [-0.15, -0.1) is 0 Å². The number of anilines is 1. The predicted molar refractivity (Wildman–Crippen MR) is 147 cm³/mol. The third-order valence-electron chi connectivity index (χ3n) is 7.66.